The minimum absolute atomic E-state index is 0.0746. The number of alkyl halides is 3. The largest absolute Gasteiger partial charge is 0.417 e. The van der Waals surface area contributed by atoms with Gasteiger partial charge in [0.25, 0.3) is 5.91 Å². The first-order chi connectivity index (χ1) is 9.88. The second-order valence-corrected chi connectivity index (χ2v) is 4.94. The molecule has 8 heteroatoms. The van der Waals surface area contributed by atoms with E-state index in [2.05, 4.69) is 31.4 Å². The number of benzene rings is 1. The van der Waals surface area contributed by atoms with Gasteiger partial charge in [-0.3, -0.25) is 4.79 Å². The average Bonchev–Trinajstić information content (AvgIpc) is 2.45. The number of amides is 1. The molecule has 0 atom stereocenters. The molecule has 21 heavy (non-hydrogen) atoms. The molecular formula is C13H9BrF3N3O. The lowest BCUT2D eigenvalue weighted by atomic mass is 10.1. The standard InChI is InChI=1S/C13H9BrF3N3O/c14-11-4-3-8(6-10(11)13(15,16)17)12(21)18-7-9-2-1-5-19-20-9/h1-6H,7H2,(H,18,21). The van der Waals surface area contributed by atoms with Crippen LogP contribution in [0.25, 0.3) is 0 Å². The molecule has 0 radical (unpaired) electrons. The van der Waals surface area contributed by atoms with Gasteiger partial charge in [0.2, 0.25) is 0 Å². The van der Waals surface area contributed by atoms with E-state index in [9.17, 15) is 18.0 Å². The van der Waals surface area contributed by atoms with Crippen LogP contribution in [0.5, 0.6) is 0 Å². The zero-order chi connectivity index (χ0) is 15.5. The molecule has 0 aliphatic carbocycles. The fraction of sp³-hybridized carbons (Fsp3) is 0.154. The molecule has 1 aromatic carbocycles. The highest BCUT2D eigenvalue weighted by molar-refractivity contribution is 9.10. The Labute approximate surface area is 126 Å². The third kappa shape index (κ3) is 4.01. The summed E-state index contributed by atoms with van der Waals surface area (Å²) in [6.45, 7) is 0.0874. The summed E-state index contributed by atoms with van der Waals surface area (Å²) in [5.41, 5.74) is -0.455. The van der Waals surface area contributed by atoms with Crippen LogP contribution in [0.2, 0.25) is 0 Å². The van der Waals surface area contributed by atoms with E-state index < -0.39 is 17.6 Å². The Kier molecular flexibility index (Phi) is 4.56. The van der Waals surface area contributed by atoms with Crippen molar-refractivity contribution >= 4 is 21.8 Å². The number of carbonyl (C=O) groups is 1. The third-order valence-corrected chi connectivity index (χ3v) is 3.28. The average molecular weight is 360 g/mol. The first-order valence-electron chi connectivity index (χ1n) is 5.79. The van der Waals surface area contributed by atoms with Crippen molar-refractivity contribution in [1.29, 1.82) is 0 Å². The monoisotopic (exact) mass is 359 g/mol. The lowest BCUT2D eigenvalue weighted by molar-refractivity contribution is -0.138. The molecule has 0 saturated carbocycles. The summed E-state index contributed by atoms with van der Waals surface area (Å²) >= 11 is 2.82. The van der Waals surface area contributed by atoms with E-state index >= 15 is 0 Å². The van der Waals surface area contributed by atoms with Crippen molar-refractivity contribution in [2.75, 3.05) is 0 Å². The smallest absolute Gasteiger partial charge is 0.346 e. The number of halogens is 4. The molecule has 1 heterocycles. The summed E-state index contributed by atoms with van der Waals surface area (Å²) < 4.78 is 38.2. The maximum absolute atomic E-state index is 12.8. The van der Waals surface area contributed by atoms with Gasteiger partial charge < -0.3 is 5.32 Å². The molecular weight excluding hydrogens is 351 g/mol. The highest BCUT2D eigenvalue weighted by Crippen LogP contribution is 2.35. The van der Waals surface area contributed by atoms with E-state index in [1.165, 1.54) is 18.3 Å². The van der Waals surface area contributed by atoms with E-state index in [1.54, 1.807) is 12.1 Å². The third-order valence-electron chi connectivity index (χ3n) is 2.59. The van der Waals surface area contributed by atoms with Crippen LogP contribution in [0, 0.1) is 0 Å². The van der Waals surface area contributed by atoms with Gasteiger partial charge in [-0.1, -0.05) is 15.9 Å². The summed E-state index contributed by atoms with van der Waals surface area (Å²) in [5, 5.41) is 9.89. The van der Waals surface area contributed by atoms with Crippen molar-refractivity contribution in [2.24, 2.45) is 0 Å². The normalized spacial score (nSPS) is 11.2. The maximum Gasteiger partial charge on any atom is 0.417 e. The van der Waals surface area contributed by atoms with Crippen LogP contribution in [0.4, 0.5) is 13.2 Å². The van der Waals surface area contributed by atoms with Crippen LogP contribution in [0.3, 0.4) is 0 Å². The molecule has 0 unspecified atom stereocenters. The zero-order valence-corrected chi connectivity index (χ0v) is 12.1. The quantitative estimate of drug-likeness (QED) is 0.915. The van der Waals surface area contributed by atoms with Crippen molar-refractivity contribution in [2.45, 2.75) is 12.7 Å². The van der Waals surface area contributed by atoms with Crippen molar-refractivity contribution in [1.82, 2.24) is 15.5 Å². The van der Waals surface area contributed by atoms with Gasteiger partial charge in [0.1, 0.15) is 0 Å². The molecule has 1 amide bonds. The van der Waals surface area contributed by atoms with Crippen molar-refractivity contribution < 1.29 is 18.0 Å². The summed E-state index contributed by atoms with van der Waals surface area (Å²) in [5.74, 6) is -0.612. The van der Waals surface area contributed by atoms with E-state index in [1.807, 2.05) is 0 Å². The second kappa shape index (κ2) is 6.21. The predicted molar refractivity (Wildman–Crippen MR) is 72.3 cm³/mol. The molecule has 110 valence electrons. The number of nitrogens with zero attached hydrogens (tertiary/aromatic N) is 2. The Balaban J connectivity index is 2.13. The molecule has 0 fully saturated rings. The van der Waals surface area contributed by atoms with Gasteiger partial charge in [-0.15, -0.1) is 0 Å². The summed E-state index contributed by atoms with van der Waals surface area (Å²) in [7, 11) is 0. The number of carbonyl (C=O) groups excluding carboxylic acids is 1. The molecule has 1 aromatic heterocycles. The lowest BCUT2D eigenvalue weighted by Crippen LogP contribution is -2.24. The number of aromatic nitrogens is 2. The molecule has 0 bridgehead atoms. The summed E-state index contributed by atoms with van der Waals surface area (Å²) in [6.07, 6.45) is -3.05. The highest BCUT2D eigenvalue weighted by atomic mass is 79.9. The van der Waals surface area contributed by atoms with Crippen LogP contribution in [-0.2, 0) is 12.7 Å². The molecule has 0 spiro atoms. The van der Waals surface area contributed by atoms with Crippen LogP contribution in [-0.4, -0.2) is 16.1 Å². The highest BCUT2D eigenvalue weighted by Gasteiger charge is 2.33. The topological polar surface area (TPSA) is 54.9 Å². The van der Waals surface area contributed by atoms with Gasteiger partial charge >= 0.3 is 6.18 Å². The van der Waals surface area contributed by atoms with Gasteiger partial charge in [-0.2, -0.15) is 23.4 Å². The molecule has 4 nitrogen and oxygen atoms in total. The Bertz CT molecular complexity index is 647. The predicted octanol–water partition coefficient (Wildman–Crippen LogP) is 3.19. The maximum atomic E-state index is 12.8. The minimum Gasteiger partial charge on any atom is -0.346 e. The molecule has 2 rings (SSSR count). The van der Waals surface area contributed by atoms with Crippen LogP contribution in [0.1, 0.15) is 21.6 Å². The number of rotatable bonds is 3. The Morgan fingerprint density at radius 3 is 2.67 bits per heavy atom. The van der Waals surface area contributed by atoms with Crippen molar-refractivity contribution in [3.8, 4) is 0 Å². The van der Waals surface area contributed by atoms with Crippen LogP contribution >= 0.6 is 15.9 Å². The van der Waals surface area contributed by atoms with Gasteiger partial charge in [0, 0.05) is 16.2 Å². The first-order valence-corrected chi connectivity index (χ1v) is 6.59. The van der Waals surface area contributed by atoms with Crippen molar-refractivity contribution in [3.05, 3.63) is 57.8 Å². The van der Waals surface area contributed by atoms with Gasteiger partial charge in [-0.25, -0.2) is 0 Å². The fourth-order valence-corrected chi connectivity index (χ4v) is 2.06. The molecule has 0 aliphatic rings. The Hall–Kier alpha value is -1.96. The molecule has 2 aromatic rings. The molecule has 1 N–H and O–H groups in total. The molecule has 0 aliphatic heterocycles. The Morgan fingerprint density at radius 2 is 2.05 bits per heavy atom. The lowest BCUT2D eigenvalue weighted by Gasteiger charge is -2.11. The van der Waals surface area contributed by atoms with Gasteiger partial charge in [0.15, 0.2) is 0 Å². The van der Waals surface area contributed by atoms with E-state index in [0.717, 1.165) is 6.07 Å². The minimum atomic E-state index is -4.53. The summed E-state index contributed by atoms with van der Waals surface area (Å²) in [6, 6.07) is 6.60. The number of hydrogen-bond donors (Lipinski definition) is 1. The first kappa shape index (κ1) is 15.4. The Morgan fingerprint density at radius 1 is 1.29 bits per heavy atom. The SMILES string of the molecule is O=C(NCc1cccnn1)c1ccc(Br)c(C(F)(F)F)c1. The summed E-state index contributed by atoms with van der Waals surface area (Å²) in [4.78, 5) is 11.9. The van der Waals surface area contributed by atoms with Crippen molar-refractivity contribution in [3.63, 3.8) is 0 Å². The number of nitrogens with one attached hydrogen (secondary N) is 1. The van der Waals surface area contributed by atoms with E-state index in [0.29, 0.717) is 5.69 Å². The number of hydrogen-bond acceptors (Lipinski definition) is 3. The van der Waals surface area contributed by atoms with E-state index in [-0.39, 0.29) is 16.6 Å². The van der Waals surface area contributed by atoms with Gasteiger partial charge in [-0.05, 0) is 30.3 Å². The van der Waals surface area contributed by atoms with Gasteiger partial charge in [0.05, 0.1) is 17.8 Å². The van der Waals surface area contributed by atoms with Crippen LogP contribution in [0.15, 0.2) is 41.0 Å². The van der Waals surface area contributed by atoms with E-state index in [4.69, 9.17) is 0 Å². The zero-order valence-electron chi connectivity index (χ0n) is 10.5. The fourth-order valence-electron chi connectivity index (χ4n) is 1.58. The molecule has 0 saturated heterocycles. The van der Waals surface area contributed by atoms with Crippen LogP contribution < -0.4 is 5.32 Å². The second-order valence-electron chi connectivity index (χ2n) is 4.09.